The molecular weight excluding hydrogens is 318 g/mol. The van der Waals surface area contributed by atoms with Crippen molar-refractivity contribution in [2.24, 2.45) is 0 Å². The molecule has 0 bridgehead atoms. The molecule has 0 unspecified atom stereocenters. The number of nitrogens with one attached hydrogen (secondary N) is 1. The van der Waals surface area contributed by atoms with Crippen molar-refractivity contribution in [2.45, 2.75) is 13.0 Å². The van der Waals surface area contributed by atoms with E-state index in [1.54, 1.807) is 36.4 Å². The largest absolute Gasteiger partial charge is 0.376 e. The lowest BCUT2D eigenvalue weighted by molar-refractivity contribution is -0.0855. The van der Waals surface area contributed by atoms with Crippen LogP contribution in [0.2, 0.25) is 0 Å². The Morgan fingerprint density at radius 2 is 1.76 bits per heavy atom. The van der Waals surface area contributed by atoms with Gasteiger partial charge in [-0.1, -0.05) is 48.0 Å². The predicted octanol–water partition coefficient (Wildman–Crippen LogP) is 2.37. The molecule has 1 atom stereocenters. The highest BCUT2D eigenvalue weighted by molar-refractivity contribution is 6.15. The summed E-state index contributed by atoms with van der Waals surface area (Å²) >= 11 is 0. The molecule has 3 rings (SSSR count). The van der Waals surface area contributed by atoms with Gasteiger partial charge in [-0.25, -0.2) is 0 Å². The average molecular weight is 339 g/mol. The number of carbonyl (C=O) groups is 2. The van der Waals surface area contributed by atoms with Gasteiger partial charge in [0, 0.05) is 17.7 Å². The lowest BCUT2D eigenvalue weighted by atomic mass is 9.97. The van der Waals surface area contributed by atoms with Gasteiger partial charge in [-0.2, -0.15) is 0 Å². The number of benzene rings is 2. The highest BCUT2D eigenvalue weighted by Gasteiger charge is 2.20. The van der Waals surface area contributed by atoms with Crippen LogP contribution in [0.25, 0.3) is 0 Å². The Balaban J connectivity index is 1.74. The van der Waals surface area contributed by atoms with Crippen LogP contribution >= 0.6 is 0 Å². The number of carbonyl (C=O) groups excluding carboxylic acids is 2. The van der Waals surface area contributed by atoms with Gasteiger partial charge >= 0.3 is 0 Å². The molecule has 130 valence electrons. The molecule has 1 N–H and O–H groups in total. The van der Waals surface area contributed by atoms with E-state index < -0.39 is 0 Å². The normalized spacial score (nSPS) is 17.1. The second-order valence-electron chi connectivity index (χ2n) is 6.02. The zero-order chi connectivity index (χ0) is 17.6. The fourth-order valence-electron chi connectivity index (χ4n) is 2.70. The van der Waals surface area contributed by atoms with Crippen molar-refractivity contribution in [3.05, 3.63) is 70.8 Å². The van der Waals surface area contributed by atoms with Crippen LogP contribution in [0.4, 0.5) is 0 Å². The lowest BCUT2D eigenvalue weighted by Crippen LogP contribution is -2.40. The smallest absolute Gasteiger partial charge is 0.252 e. The molecule has 1 aliphatic rings. The van der Waals surface area contributed by atoms with Gasteiger partial charge < -0.3 is 14.8 Å². The molecule has 0 spiro atoms. The Morgan fingerprint density at radius 1 is 1.04 bits per heavy atom. The van der Waals surface area contributed by atoms with E-state index in [2.05, 4.69) is 5.32 Å². The Labute approximate surface area is 147 Å². The van der Waals surface area contributed by atoms with E-state index in [0.717, 1.165) is 5.56 Å². The number of ether oxygens (including phenoxy) is 2. The Kier molecular flexibility index (Phi) is 5.58. The molecule has 5 nitrogen and oxygen atoms in total. The van der Waals surface area contributed by atoms with E-state index in [0.29, 0.717) is 43.1 Å². The molecule has 1 heterocycles. The zero-order valence-electron chi connectivity index (χ0n) is 14.2. The second kappa shape index (κ2) is 8.05. The molecule has 1 fully saturated rings. The molecule has 25 heavy (non-hydrogen) atoms. The van der Waals surface area contributed by atoms with Crippen LogP contribution in [-0.2, 0) is 9.47 Å². The highest BCUT2D eigenvalue weighted by Crippen LogP contribution is 2.15. The van der Waals surface area contributed by atoms with Crippen LogP contribution in [0.3, 0.4) is 0 Å². The Bertz CT molecular complexity index is 749. The summed E-state index contributed by atoms with van der Waals surface area (Å²) in [7, 11) is 0. The molecule has 5 heteroatoms. The number of aryl methyl sites for hydroxylation is 1. The molecule has 1 saturated heterocycles. The molecular formula is C20H21NO4. The third-order valence-electron chi connectivity index (χ3n) is 4.11. The van der Waals surface area contributed by atoms with E-state index in [4.69, 9.17) is 9.47 Å². The summed E-state index contributed by atoms with van der Waals surface area (Å²) in [5, 5.41) is 2.83. The zero-order valence-corrected chi connectivity index (χ0v) is 14.2. The maximum absolute atomic E-state index is 12.8. The standard InChI is InChI=1S/C20H21NO4/c1-14-6-8-15(9-7-14)19(22)17-4-2-3-5-18(17)20(23)21-12-16-13-24-10-11-25-16/h2-9,16H,10-13H2,1H3,(H,21,23)/t16-/m1/s1. The molecule has 2 aromatic carbocycles. The van der Waals surface area contributed by atoms with Crippen LogP contribution < -0.4 is 5.32 Å². The van der Waals surface area contributed by atoms with Gasteiger partial charge in [0.05, 0.1) is 31.5 Å². The van der Waals surface area contributed by atoms with E-state index in [1.807, 2.05) is 19.1 Å². The maximum atomic E-state index is 12.8. The first-order valence-corrected chi connectivity index (χ1v) is 8.33. The summed E-state index contributed by atoms with van der Waals surface area (Å²) in [5.41, 5.74) is 2.40. The number of hydrogen-bond acceptors (Lipinski definition) is 4. The number of rotatable bonds is 5. The fraction of sp³-hybridized carbons (Fsp3) is 0.300. The molecule has 1 amide bonds. The third kappa shape index (κ3) is 4.32. The van der Waals surface area contributed by atoms with Crippen molar-refractivity contribution in [2.75, 3.05) is 26.4 Å². The fourth-order valence-corrected chi connectivity index (χ4v) is 2.70. The van der Waals surface area contributed by atoms with Gasteiger partial charge in [-0.15, -0.1) is 0 Å². The van der Waals surface area contributed by atoms with Crippen molar-refractivity contribution in [3.8, 4) is 0 Å². The maximum Gasteiger partial charge on any atom is 0.252 e. The van der Waals surface area contributed by atoms with Gasteiger partial charge in [0.2, 0.25) is 0 Å². The minimum Gasteiger partial charge on any atom is -0.376 e. The average Bonchev–Trinajstić information content (AvgIpc) is 2.67. The van der Waals surface area contributed by atoms with E-state index >= 15 is 0 Å². The first-order chi connectivity index (χ1) is 12.1. The van der Waals surface area contributed by atoms with Crippen molar-refractivity contribution in [1.29, 1.82) is 0 Å². The SMILES string of the molecule is Cc1ccc(C(=O)c2ccccc2C(=O)NC[C@@H]2COCCO2)cc1. The number of hydrogen-bond donors (Lipinski definition) is 1. The van der Waals surface area contributed by atoms with Gasteiger partial charge in [-0.3, -0.25) is 9.59 Å². The highest BCUT2D eigenvalue weighted by atomic mass is 16.6. The molecule has 1 aliphatic heterocycles. The third-order valence-corrected chi connectivity index (χ3v) is 4.11. The van der Waals surface area contributed by atoms with Gasteiger partial charge in [0.1, 0.15) is 0 Å². The number of ketones is 1. The van der Waals surface area contributed by atoms with Crippen LogP contribution in [0, 0.1) is 6.92 Å². The predicted molar refractivity (Wildman–Crippen MR) is 93.9 cm³/mol. The van der Waals surface area contributed by atoms with Gasteiger partial charge in [-0.05, 0) is 13.0 Å². The lowest BCUT2D eigenvalue weighted by Gasteiger charge is -2.23. The van der Waals surface area contributed by atoms with Crippen molar-refractivity contribution in [1.82, 2.24) is 5.32 Å². The quantitative estimate of drug-likeness (QED) is 0.850. The van der Waals surface area contributed by atoms with Gasteiger partial charge in [0.25, 0.3) is 5.91 Å². The van der Waals surface area contributed by atoms with E-state index in [9.17, 15) is 9.59 Å². The van der Waals surface area contributed by atoms with Crippen LogP contribution in [0.5, 0.6) is 0 Å². The molecule has 0 radical (unpaired) electrons. The Morgan fingerprint density at radius 3 is 2.44 bits per heavy atom. The summed E-state index contributed by atoms with van der Waals surface area (Å²) in [6.45, 7) is 3.89. The minimum absolute atomic E-state index is 0.155. The monoisotopic (exact) mass is 339 g/mol. The Hall–Kier alpha value is -2.50. The summed E-state index contributed by atoms with van der Waals surface area (Å²) in [5.74, 6) is -0.451. The van der Waals surface area contributed by atoms with E-state index in [1.165, 1.54) is 0 Å². The number of amides is 1. The minimum atomic E-state index is -0.287. The molecule has 0 saturated carbocycles. The van der Waals surface area contributed by atoms with Crippen molar-refractivity contribution >= 4 is 11.7 Å². The van der Waals surface area contributed by atoms with Crippen LogP contribution in [0.1, 0.15) is 31.8 Å². The summed E-state index contributed by atoms with van der Waals surface area (Å²) < 4.78 is 10.8. The molecule has 0 aromatic heterocycles. The van der Waals surface area contributed by atoms with Crippen molar-refractivity contribution < 1.29 is 19.1 Å². The second-order valence-corrected chi connectivity index (χ2v) is 6.02. The van der Waals surface area contributed by atoms with Gasteiger partial charge in [0.15, 0.2) is 5.78 Å². The first-order valence-electron chi connectivity index (χ1n) is 8.33. The van der Waals surface area contributed by atoms with Crippen molar-refractivity contribution in [3.63, 3.8) is 0 Å². The van der Waals surface area contributed by atoms with E-state index in [-0.39, 0.29) is 17.8 Å². The summed E-state index contributed by atoms with van der Waals surface area (Å²) in [6.07, 6.45) is -0.155. The van der Waals surface area contributed by atoms with Crippen LogP contribution in [-0.4, -0.2) is 44.2 Å². The summed E-state index contributed by atoms with van der Waals surface area (Å²) in [6, 6.07) is 14.2. The topological polar surface area (TPSA) is 64.6 Å². The first kappa shape index (κ1) is 17.3. The molecule has 0 aliphatic carbocycles. The summed E-state index contributed by atoms with van der Waals surface area (Å²) in [4.78, 5) is 25.3. The molecule has 2 aromatic rings. The van der Waals surface area contributed by atoms with Crippen LogP contribution in [0.15, 0.2) is 48.5 Å².